The van der Waals surface area contributed by atoms with Crippen LogP contribution in [-0.2, 0) is 19.1 Å². The third-order valence-corrected chi connectivity index (χ3v) is 1.80. The molecule has 0 bridgehead atoms. The Labute approximate surface area is 70.1 Å². The second-order valence-corrected chi connectivity index (χ2v) is 2.53. The van der Waals surface area contributed by atoms with E-state index in [9.17, 15) is 9.59 Å². The highest BCUT2D eigenvalue weighted by molar-refractivity contribution is 5.95. The van der Waals surface area contributed by atoms with Gasteiger partial charge in [0.2, 0.25) is 0 Å². The number of ether oxygens (including phenoxy) is 2. The zero-order chi connectivity index (χ0) is 9.14. The van der Waals surface area contributed by atoms with Gasteiger partial charge in [-0.05, 0) is 6.42 Å². The summed E-state index contributed by atoms with van der Waals surface area (Å²) in [7, 11) is 1.26. The van der Waals surface area contributed by atoms with Crippen molar-refractivity contribution in [1.29, 1.82) is 0 Å². The van der Waals surface area contributed by atoms with E-state index in [2.05, 4.69) is 16.1 Å². The molecule has 1 atom stereocenters. The monoisotopic (exact) mass is 170 g/mol. The van der Waals surface area contributed by atoms with Crippen LogP contribution in [0.5, 0.6) is 0 Å². The maximum Gasteiger partial charge on any atom is 0.334 e. The highest BCUT2D eigenvalue weighted by Crippen LogP contribution is 2.22. The molecule has 4 nitrogen and oxygen atoms in total. The van der Waals surface area contributed by atoms with Gasteiger partial charge < -0.3 is 9.47 Å². The molecule has 1 unspecified atom stereocenters. The van der Waals surface area contributed by atoms with Crippen LogP contribution in [0.4, 0.5) is 0 Å². The molecule has 1 fully saturated rings. The van der Waals surface area contributed by atoms with E-state index < -0.39 is 11.9 Å². The van der Waals surface area contributed by atoms with Crippen molar-refractivity contribution in [1.82, 2.24) is 0 Å². The molecular weight excluding hydrogens is 160 g/mol. The summed E-state index contributed by atoms with van der Waals surface area (Å²) in [5.41, 5.74) is 0.181. The molecule has 1 aliphatic heterocycles. The quantitative estimate of drug-likeness (QED) is 0.441. The standard InChI is InChI=1S/C8H10O4/c1-5(7(9)11-2)6-3-4-12-8(6)10/h6H,1,3-4H2,2H3. The lowest BCUT2D eigenvalue weighted by Crippen LogP contribution is -2.17. The third-order valence-electron chi connectivity index (χ3n) is 1.80. The fraction of sp³-hybridized carbons (Fsp3) is 0.500. The summed E-state index contributed by atoms with van der Waals surface area (Å²) in [6.45, 7) is 3.84. The van der Waals surface area contributed by atoms with E-state index in [1.807, 2.05) is 0 Å². The Bertz CT molecular complexity index is 231. The lowest BCUT2D eigenvalue weighted by Gasteiger charge is -2.05. The van der Waals surface area contributed by atoms with Crippen LogP contribution in [0.2, 0.25) is 0 Å². The van der Waals surface area contributed by atoms with E-state index in [0.717, 1.165) is 0 Å². The minimum atomic E-state index is -0.543. The molecule has 0 aliphatic carbocycles. The maximum absolute atomic E-state index is 10.9. The van der Waals surface area contributed by atoms with Crippen molar-refractivity contribution >= 4 is 11.9 Å². The number of hydrogen-bond acceptors (Lipinski definition) is 4. The van der Waals surface area contributed by atoms with Gasteiger partial charge in [-0.2, -0.15) is 0 Å². The predicted octanol–water partition coefficient (Wildman–Crippen LogP) is 0.279. The van der Waals surface area contributed by atoms with E-state index in [4.69, 9.17) is 0 Å². The Morgan fingerprint density at radius 3 is 2.83 bits per heavy atom. The first-order valence-corrected chi connectivity index (χ1v) is 3.60. The zero-order valence-electron chi connectivity index (χ0n) is 6.83. The molecular formula is C8H10O4. The average Bonchev–Trinajstić information content (AvgIpc) is 2.48. The molecule has 1 rings (SSSR count). The SMILES string of the molecule is C=C(C(=O)OC)C1CCOC1=O. The Hall–Kier alpha value is -1.32. The van der Waals surface area contributed by atoms with E-state index in [1.165, 1.54) is 7.11 Å². The summed E-state index contributed by atoms with van der Waals surface area (Å²) in [6, 6.07) is 0. The van der Waals surface area contributed by atoms with Gasteiger partial charge in [0.05, 0.1) is 19.6 Å². The summed E-state index contributed by atoms with van der Waals surface area (Å²) in [5, 5.41) is 0. The summed E-state index contributed by atoms with van der Waals surface area (Å²) in [5.74, 6) is -1.43. The van der Waals surface area contributed by atoms with E-state index in [-0.39, 0.29) is 11.5 Å². The predicted molar refractivity (Wildman–Crippen MR) is 40.2 cm³/mol. The van der Waals surface area contributed by atoms with Crippen molar-refractivity contribution < 1.29 is 19.1 Å². The number of rotatable bonds is 2. The maximum atomic E-state index is 10.9. The van der Waals surface area contributed by atoms with Gasteiger partial charge in [-0.1, -0.05) is 6.58 Å². The molecule has 1 aliphatic rings. The van der Waals surface area contributed by atoms with Gasteiger partial charge >= 0.3 is 11.9 Å². The van der Waals surface area contributed by atoms with E-state index in [1.54, 1.807) is 0 Å². The largest absolute Gasteiger partial charge is 0.466 e. The number of methoxy groups -OCH3 is 1. The molecule has 0 aromatic heterocycles. The van der Waals surface area contributed by atoms with Crippen LogP contribution in [0.15, 0.2) is 12.2 Å². The summed E-state index contributed by atoms with van der Waals surface area (Å²) in [6.07, 6.45) is 0.521. The molecule has 66 valence electrons. The van der Waals surface area contributed by atoms with Gasteiger partial charge in [-0.3, -0.25) is 4.79 Å². The summed E-state index contributed by atoms with van der Waals surface area (Å²) in [4.78, 5) is 21.9. The Morgan fingerprint density at radius 2 is 2.42 bits per heavy atom. The first kappa shape index (κ1) is 8.77. The van der Waals surface area contributed by atoms with Crippen molar-refractivity contribution in [3.8, 4) is 0 Å². The fourth-order valence-corrected chi connectivity index (χ4v) is 1.09. The molecule has 0 aromatic rings. The Balaban J connectivity index is 2.63. The number of esters is 2. The van der Waals surface area contributed by atoms with Crippen LogP contribution in [-0.4, -0.2) is 25.7 Å². The van der Waals surface area contributed by atoms with Gasteiger partial charge in [0.1, 0.15) is 0 Å². The first-order chi connectivity index (χ1) is 5.66. The highest BCUT2D eigenvalue weighted by Gasteiger charge is 2.32. The molecule has 0 amide bonds. The van der Waals surface area contributed by atoms with Crippen LogP contribution in [0.3, 0.4) is 0 Å². The molecule has 0 aromatic carbocycles. The number of cyclic esters (lactones) is 1. The van der Waals surface area contributed by atoms with E-state index >= 15 is 0 Å². The Morgan fingerprint density at radius 1 is 1.75 bits per heavy atom. The summed E-state index contributed by atoms with van der Waals surface area (Å²) < 4.78 is 9.10. The van der Waals surface area contributed by atoms with Gasteiger partial charge in [0.25, 0.3) is 0 Å². The minimum absolute atomic E-state index is 0.181. The normalized spacial score (nSPS) is 21.8. The van der Waals surface area contributed by atoms with Gasteiger partial charge in [-0.15, -0.1) is 0 Å². The molecule has 1 saturated heterocycles. The van der Waals surface area contributed by atoms with Crippen LogP contribution in [0, 0.1) is 5.92 Å². The molecule has 4 heteroatoms. The van der Waals surface area contributed by atoms with Crippen LogP contribution in [0.25, 0.3) is 0 Å². The first-order valence-electron chi connectivity index (χ1n) is 3.60. The summed E-state index contributed by atoms with van der Waals surface area (Å²) >= 11 is 0. The van der Waals surface area contributed by atoms with E-state index in [0.29, 0.717) is 13.0 Å². The number of hydrogen-bond donors (Lipinski definition) is 0. The van der Waals surface area contributed by atoms with Crippen LogP contribution < -0.4 is 0 Å². The van der Waals surface area contributed by atoms with Crippen LogP contribution >= 0.6 is 0 Å². The van der Waals surface area contributed by atoms with Crippen molar-refractivity contribution in [2.75, 3.05) is 13.7 Å². The third kappa shape index (κ3) is 1.47. The smallest absolute Gasteiger partial charge is 0.334 e. The topological polar surface area (TPSA) is 52.6 Å². The number of carbonyl (C=O) groups excluding carboxylic acids is 2. The van der Waals surface area contributed by atoms with Crippen molar-refractivity contribution in [3.63, 3.8) is 0 Å². The average molecular weight is 170 g/mol. The zero-order valence-corrected chi connectivity index (χ0v) is 6.83. The lowest BCUT2D eigenvalue weighted by atomic mass is 10.00. The van der Waals surface area contributed by atoms with Crippen LogP contribution in [0.1, 0.15) is 6.42 Å². The Kier molecular flexibility index (Phi) is 2.47. The molecule has 1 heterocycles. The molecule has 12 heavy (non-hydrogen) atoms. The molecule has 0 saturated carbocycles. The van der Waals surface area contributed by atoms with Gasteiger partial charge in [-0.25, -0.2) is 4.79 Å². The minimum Gasteiger partial charge on any atom is -0.466 e. The lowest BCUT2D eigenvalue weighted by molar-refractivity contribution is -0.143. The van der Waals surface area contributed by atoms with Gasteiger partial charge in [0.15, 0.2) is 0 Å². The van der Waals surface area contributed by atoms with Crippen molar-refractivity contribution in [2.24, 2.45) is 5.92 Å². The molecule has 0 N–H and O–H groups in total. The fourth-order valence-electron chi connectivity index (χ4n) is 1.09. The van der Waals surface area contributed by atoms with Crippen molar-refractivity contribution in [2.45, 2.75) is 6.42 Å². The second-order valence-electron chi connectivity index (χ2n) is 2.53. The van der Waals surface area contributed by atoms with Gasteiger partial charge in [0, 0.05) is 5.57 Å². The van der Waals surface area contributed by atoms with Crippen molar-refractivity contribution in [3.05, 3.63) is 12.2 Å². The second kappa shape index (κ2) is 3.38. The number of carbonyl (C=O) groups is 2. The molecule has 0 radical (unpaired) electrons. The highest BCUT2D eigenvalue weighted by atomic mass is 16.5. The molecule has 0 spiro atoms.